The maximum absolute atomic E-state index is 6.84. The van der Waals surface area contributed by atoms with E-state index in [1.807, 2.05) is 17.4 Å². The molecule has 0 saturated carbocycles. The summed E-state index contributed by atoms with van der Waals surface area (Å²) in [7, 11) is 0. The molecule has 0 aliphatic heterocycles. The van der Waals surface area contributed by atoms with E-state index in [1.165, 1.54) is 284 Å². The van der Waals surface area contributed by atoms with Gasteiger partial charge in [0.05, 0.1) is 0 Å². The highest BCUT2D eigenvalue weighted by molar-refractivity contribution is 7.26. The zero-order valence-electron chi connectivity index (χ0n) is 77.8. The molecule has 25 aromatic carbocycles. The number of benzene rings is 25. The Hall–Kier alpha value is -17.9. The summed E-state index contributed by atoms with van der Waals surface area (Å²) in [6.45, 7) is 4.88. The van der Waals surface area contributed by atoms with Crippen molar-refractivity contribution in [3.63, 3.8) is 0 Å². The minimum atomic E-state index is -0.190. The highest BCUT2D eigenvalue weighted by atomic mass is 32.1. The summed E-state index contributed by atoms with van der Waals surface area (Å²) in [5.41, 5.74) is 45.0. The lowest BCUT2D eigenvalue weighted by atomic mass is 9.79. The SMILES string of the molecule is CC1(C)c2cc(-c3cccc4c3sc3ccccc34)ccc2-c2c1cc1c3c(cccc23)-c2c-1c(-c1ccccc1)c1ccccc1c2-c1ccccc1.c1ccc(-c2c3c(c(-c4ccccc4)c4ccccc24)-c2cc4oc5cc(-c6ccc7ccccc7c6)ccc5c4c4cccc-3c24)cc1.c1ccc(-c2c3c(c(-c4ccccc4)c4ccccc24)-c2cc4oc5ccccc5c4c4cccc-3c24)cc1. The average molecular weight is 1820 g/mol. The molecular formula is C139H84O2S. The number of hydrogen-bond donors (Lipinski definition) is 0. The third-order valence-electron chi connectivity index (χ3n) is 31.3. The average Bonchev–Trinajstić information content (AvgIpc) is 1.52. The summed E-state index contributed by atoms with van der Waals surface area (Å²) >= 11 is 1.91. The molecule has 658 valence electrons. The predicted octanol–water partition coefficient (Wildman–Crippen LogP) is 39.9. The van der Waals surface area contributed by atoms with Gasteiger partial charge in [-0.05, 0) is 308 Å². The molecule has 0 N–H and O–H groups in total. The lowest BCUT2D eigenvalue weighted by molar-refractivity contribution is 0.661. The van der Waals surface area contributed by atoms with E-state index in [0.29, 0.717) is 0 Å². The molecule has 0 amide bonds. The van der Waals surface area contributed by atoms with Gasteiger partial charge in [0, 0.05) is 47.1 Å². The monoisotopic (exact) mass is 1820 g/mol. The Morgan fingerprint density at radius 3 is 0.972 bits per heavy atom. The van der Waals surface area contributed by atoms with Crippen molar-refractivity contribution in [2.45, 2.75) is 19.3 Å². The van der Waals surface area contributed by atoms with Crippen molar-refractivity contribution in [3.05, 3.63) is 484 Å². The number of thiophene rings is 1. The molecule has 32 rings (SSSR count). The van der Waals surface area contributed by atoms with E-state index in [1.54, 1.807) is 0 Å². The van der Waals surface area contributed by atoms with Gasteiger partial charge < -0.3 is 8.83 Å². The first kappa shape index (κ1) is 80.3. The summed E-state index contributed by atoms with van der Waals surface area (Å²) in [5.74, 6) is 0. The van der Waals surface area contributed by atoms with E-state index in [0.717, 1.165) is 33.3 Å². The van der Waals surface area contributed by atoms with Gasteiger partial charge in [-0.1, -0.05) is 432 Å². The van der Waals surface area contributed by atoms with Crippen molar-refractivity contribution < 1.29 is 8.83 Å². The molecule has 4 aliphatic rings. The lowest BCUT2D eigenvalue weighted by Gasteiger charge is -2.24. The zero-order chi connectivity index (χ0) is 93.3. The summed E-state index contributed by atoms with van der Waals surface area (Å²) in [6, 6.07) is 174. The summed E-state index contributed by atoms with van der Waals surface area (Å²) in [6.07, 6.45) is 0. The van der Waals surface area contributed by atoms with E-state index < -0.39 is 0 Å². The molecule has 3 heteroatoms. The lowest BCUT2D eigenvalue weighted by Crippen LogP contribution is -2.15. The number of hydrogen-bond acceptors (Lipinski definition) is 3. The second-order valence-electron chi connectivity index (χ2n) is 39.1. The Balaban J connectivity index is 0.000000101. The minimum Gasteiger partial charge on any atom is -0.456 e. The molecule has 142 heavy (non-hydrogen) atoms. The number of para-hydroxylation sites is 1. The first-order chi connectivity index (χ1) is 70.3. The van der Waals surface area contributed by atoms with Gasteiger partial charge >= 0.3 is 0 Å². The smallest absolute Gasteiger partial charge is 0.136 e. The van der Waals surface area contributed by atoms with E-state index in [4.69, 9.17) is 8.83 Å². The molecule has 3 aromatic heterocycles. The topological polar surface area (TPSA) is 26.3 Å². The Labute approximate surface area is 823 Å². The third-order valence-corrected chi connectivity index (χ3v) is 32.5. The fourth-order valence-electron chi connectivity index (χ4n) is 25.4. The Kier molecular flexibility index (Phi) is 17.6. The fourth-order valence-corrected chi connectivity index (χ4v) is 26.6. The molecule has 2 nitrogen and oxygen atoms in total. The van der Waals surface area contributed by atoms with Gasteiger partial charge in [0.15, 0.2) is 0 Å². The molecule has 0 fully saturated rings. The second-order valence-corrected chi connectivity index (χ2v) is 40.1. The Morgan fingerprint density at radius 1 is 0.162 bits per heavy atom. The highest BCUT2D eigenvalue weighted by Crippen LogP contribution is 2.66. The van der Waals surface area contributed by atoms with Crippen LogP contribution < -0.4 is 0 Å². The molecule has 3 heterocycles. The maximum atomic E-state index is 6.84. The Morgan fingerprint density at radius 2 is 0.500 bits per heavy atom. The van der Waals surface area contributed by atoms with Crippen molar-refractivity contribution in [2.75, 3.05) is 0 Å². The van der Waals surface area contributed by atoms with Crippen LogP contribution in [0.3, 0.4) is 0 Å². The van der Waals surface area contributed by atoms with Gasteiger partial charge in [0.2, 0.25) is 0 Å². The van der Waals surface area contributed by atoms with E-state index in [-0.39, 0.29) is 5.41 Å². The van der Waals surface area contributed by atoms with Crippen LogP contribution in [-0.4, -0.2) is 0 Å². The van der Waals surface area contributed by atoms with Gasteiger partial charge in [0.25, 0.3) is 0 Å². The van der Waals surface area contributed by atoms with Gasteiger partial charge in [-0.3, -0.25) is 0 Å². The first-order valence-electron chi connectivity index (χ1n) is 49.3. The first-order valence-corrected chi connectivity index (χ1v) is 50.1. The predicted molar refractivity (Wildman–Crippen MR) is 604 cm³/mol. The van der Waals surface area contributed by atoms with Crippen molar-refractivity contribution in [1.29, 1.82) is 0 Å². The van der Waals surface area contributed by atoms with Crippen molar-refractivity contribution in [1.82, 2.24) is 0 Å². The largest absolute Gasteiger partial charge is 0.456 e. The minimum absolute atomic E-state index is 0.190. The molecule has 0 spiro atoms. The van der Waals surface area contributed by atoms with Crippen LogP contribution in [0.1, 0.15) is 25.0 Å². The molecule has 0 saturated heterocycles. The van der Waals surface area contributed by atoms with Crippen LogP contribution in [0, 0.1) is 0 Å². The van der Waals surface area contributed by atoms with E-state index in [2.05, 4.69) is 481 Å². The number of fused-ring (bicyclic) bond motifs is 28. The second kappa shape index (κ2) is 31.1. The van der Waals surface area contributed by atoms with Crippen LogP contribution in [0.25, 0.3) is 306 Å². The molecule has 0 radical (unpaired) electrons. The van der Waals surface area contributed by atoms with Gasteiger partial charge in [-0.2, -0.15) is 0 Å². The molecule has 0 unspecified atom stereocenters. The normalized spacial score (nSPS) is 12.6. The summed E-state index contributed by atoms with van der Waals surface area (Å²) in [5, 5.41) is 25.4. The summed E-state index contributed by atoms with van der Waals surface area (Å²) in [4.78, 5) is 0. The molecular weight excluding hydrogens is 1730 g/mol. The van der Waals surface area contributed by atoms with Crippen LogP contribution in [0.2, 0.25) is 0 Å². The van der Waals surface area contributed by atoms with Crippen LogP contribution in [0.15, 0.2) is 482 Å². The Bertz CT molecular complexity index is 10300. The third kappa shape index (κ3) is 11.7. The van der Waals surface area contributed by atoms with Crippen LogP contribution in [0.4, 0.5) is 0 Å². The highest BCUT2D eigenvalue weighted by Gasteiger charge is 2.42. The molecule has 0 atom stereocenters. The van der Waals surface area contributed by atoms with Crippen LogP contribution >= 0.6 is 11.3 Å². The molecule has 28 aromatic rings. The quantitative estimate of drug-likeness (QED) is 0.152. The van der Waals surface area contributed by atoms with E-state index in [9.17, 15) is 0 Å². The van der Waals surface area contributed by atoms with E-state index >= 15 is 0 Å². The van der Waals surface area contributed by atoms with Crippen molar-refractivity contribution in [3.8, 4) is 167 Å². The maximum Gasteiger partial charge on any atom is 0.136 e. The van der Waals surface area contributed by atoms with Gasteiger partial charge in [-0.25, -0.2) is 0 Å². The number of rotatable bonds is 8. The fraction of sp³-hybridized carbons (Fsp3) is 0.0216. The summed E-state index contributed by atoms with van der Waals surface area (Å²) < 4.78 is 16.0. The van der Waals surface area contributed by atoms with Crippen LogP contribution in [0.5, 0.6) is 0 Å². The standard InChI is InChI=1S/C53H34S.C48H28O.C38H22O/c1-53(2)43-29-33(34-22-13-23-38-35-19-11-12-26-45(35)54-52(34)38)27-28-39(43)49-40-24-14-25-41-48(40)42(30-44(49)53)51-47(32-17-7-4-8-18-32)37-21-10-9-20-36(37)46(50(41)51)31-15-5-3-6-16-31;1-3-13-30(14-4-1)43-35-18-9-10-19-36(35)44(31-15-5-2-6-16-31)48-40-28-42-46(38-20-11-21-39(45(38)40)47(43)48)37-25-24-34(27-41(37)49-42)33-23-22-29-12-7-8-17-32(29)26-33;1-3-12-23(13-4-1)33-25-16-7-8-17-26(25)34(24-14-5-2-6-15-24)38-30-22-32-36(27-18-9-10-21-31(27)39-32)28-19-11-20-29(35(28)30)37(33)38/h3-30H,1-2H3;1-28H;1-22H. The molecule has 4 aliphatic carbocycles. The van der Waals surface area contributed by atoms with Crippen molar-refractivity contribution >= 4 is 151 Å². The van der Waals surface area contributed by atoms with Crippen LogP contribution in [-0.2, 0) is 5.41 Å². The number of furan rings is 2. The van der Waals surface area contributed by atoms with Gasteiger partial charge in [-0.15, -0.1) is 11.3 Å². The zero-order valence-corrected chi connectivity index (χ0v) is 78.6. The van der Waals surface area contributed by atoms with Gasteiger partial charge in [0.1, 0.15) is 22.3 Å². The molecule has 0 bridgehead atoms. The van der Waals surface area contributed by atoms with Crippen molar-refractivity contribution in [2.24, 2.45) is 0 Å².